The number of benzene rings is 7. The maximum atomic E-state index is 6.44. The first-order valence-electron chi connectivity index (χ1n) is 16.1. The highest BCUT2D eigenvalue weighted by atomic mass is 16.3. The van der Waals surface area contributed by atoms with E-state index in [1.165, 1.54) is 10.8 Å². The Bertz CT molecular complexity index is 2770. The highest BCUT2D eigenvalue weighted by Crippen LogP contribution is 2.39. The molecule has 1 aliphatic heterocycles. The number of nitrogens with one attached hydrogen (secondary N) is 1. The molecular formula is C43H27N3O2. The molecule has 226 valence electrons. The van der Waals surface area contributed by atoms with Gasteiger partial charge in [-0.15, -0.1) is 0 Å². The molecule has 2 aromatic heterocycles. The lowest BCUT2D eigenvalue weighted by Crippen LogP contribution is -2.33. The van der Waals surface area contributed by atoms with E-state index in [1.807, 2.05) is 42.5 Å². The van der Waals surface area contributed by atoms with E-state index >= 15 is 0 Å². The van der Waals surface area contributed by atoms with Crippen molar-refractivity contribution in [2.75, 3.05) is 0 Å². The van der Waals surface area contributed by atoms with Gasteiger partial charge in [-0.05, 0) is 52.2 Å². The summed E-state index contributed by atoms with van der Waals surface area (Å²) < 4.78 is 12.8. The van der Waals surface area contributed by atoms with Gasteiger partial charge in [0.25, 0.3) is 0 Å². The molecule has 0 spiro atoms. The van der Waals surface area contributed by atoms with Gasteiger partial charge < -0.3 is 14.2 Å². The molecule has 1 unspecified atom stereocenters. The summed E-state index contributed by atoms with van der Waals surface area (Å²) in [6.45, 7) is 0. The van der Waals surface area contributed by atoms with E-state index in [9.17, 15) is 0 Å². The molecule has 0 aliphatic carbocycles. The fraction of sp³-hybridized carbons (Fsp3) is 0.0233. The van der Waals surface area contributed by atoms with E-state index in [1.54, 1.807) is 0 Å². The summed E-state index contributed by atoms with van der Waals surface area (Å²) in [6.07, 6.45) is -0.327. The first kappa shape index (κ1) is 26.7. The first-order chi connectivity index (χ1) is 23.8. The molecule has 7 aromatic carbocycles. The minimum Gasteiger partial charge on any atom is -0.456 e. The van der Waals surface area contributed by atoms with Gasteiger partial charge in [0, 0.05) is 38.2 Å². The monoisotopic (exact) mass is 617 g/mol. The molecule has 0 saturated carbocycles. The van der Waals surface area contributed by atoms with Crippen LogP contribution in [0, 0.1) is 0 Å². The molecule has 9 aromatic rings. The van der Waals surface area contributed by atoms with E-state index in [2.05, 4.69) is 115 Å². The lowest BCUT2D eigenvalue weighted by molar-refractivity contribution is 0.668. The summed E-state index contributed by atoms with van der Waals surface area (Å²) in [4.78, 5) is 10.4. The minimum absolute atomic E-state index is 0.327. The average molecular weight is 618 g/mol. The van der Waals surface area contributed by atoms with Crippen LogP contribution in [-0.4, -0.2) is 11.7 Å². The number of furan rings is 2. The highest BCUT2D eigenvalue weighted by Gasteiger charge is 2.24. The van der Waals surface area contributed by atoms with Gasteiger partial charge in [-0.25, -0.2) is 9.98 Å². The fourth-order valence-corrected chi connectivity index (χ4v) is 7.02. The third-order valence-corrected chi connectivity index (χ3v) is 9.33. The van der Waals surface area contributed by atoms with Crippen molar-refractivity contribution in [1.29, 1.82) is 0 Å². The molecular weight excluding hydrogens is 590 g/mol. The smallest absolute Gasteiger partial charge is 0.160 e. The molecule has 10 rings (SSSR count). The zero-order valence-electron chi connectivity index (χ0n) is 25.7. The third-order valence-electron chi connectivity index (χ3n) is 9.33. The zero-order chi connectivity index (χ0) is 31.6. The number of para-hydroxylation sites is 2. The molecule has 0 amide bonds. The molecule has 5 nitrogen and oxygen atoms in total. The van der Waals surface area contributed by atoms with Crippen molar-refractivity contribution in [1.82, 2.24) is 5.32 Å². The Balaban J connectivity index is 1.17. The van der Waals surface area contributed by atoms with Crippen LogP contribution in [0.5, 0.6) is 0 Å². The summed E-state index contributed by atoms with van der Waals surface area (Å²) in [5, 5.41) is 10.2. The van der Waals surface area contributed by atoms with E-state index < -0.39 is 0 Å². The molecule has 0 radical (unpaired) electrons. The molecule has 5 heteroatoms. The second-order valence-corrected chi connectivity index (χ2v) is 12.2. The van der Waals surface area contributed by atoms with Crippen LogP contribution in [-0.2, 0) is 0 Å². The summed E-state index contributed by atoms with van der Waals surface area (Å²) >= 11 is 0. The Kier molecular flexibility index (Phi) is 5.87. The number of amidine groups is 2. The average Bonchev–Trinajstić information content (AvgIpc) is 3.73. The van der Waals surface area contributed by atoms with Gasteiger partial charge in [0.15, 0.2) is 5.84 Å². The van der Waals surface area contributed by atoms with Crippen LogP contribution in [0.1, 0.15) is 22.9 Å². The van der Waals surface area contributed by atoms with Gasteiger partial charge in [0.1, 0.15) is 34.3 Å². The van der Waals surface area contributed by atoms with Crippen molar-refractivity contribution in [3.63, 3.8) is 0 Å². The predicted molar refractivity (Wildman–Crippen MR) is 196 cm³/mol. The van der Waals surface area contributed by atoms with Crippen LogP contribution in [0.2, 0.25) is 0 Å². The minimum atomic E-state index is -0.327. The van der Waals surface area contributed by atoms with Crippen molar-refractivity contribution in [3.8, 4) is 11.1 Å². The standard InChI is InChI=1S/C43H27N3O2/c1-2-11-27(12-3-1)41-44-42(30-21-20-26-10-4-5-13-28(26)24-30)46-43(45-41)34-17-9-19-38-39(34)35-25-29(22-23-37(35)47-38)31-15-8-16-33-32-14-6-7-18-36(32)48-40(31)33/h1-25,42H,(H,44,45,46). The maximum Gasteiger partial charge on any atom is 0.160 e. The molecule has 1 N–H and O–H groups in total. The van der Waals surface area contributed by atoms with Crippen LogP contribution < -0.4 is 5.32 Å². The van der Waals surface area contributed by atoms with Crippen LogP contribution in [0.4, 0.5) is 0 Å². The number of hydrogen-bond acceptors (Lipinski definition) is 5. The Hall–Kier alpha value is -6.46. The van der Waals surface area contributed by atoms with E-state index in [-0.39, 0.29) is 6.17 Å². The Labute approximate surface area is 275 Å². The van der Waals surface area contributed by atoms with Gasteiger partial charge in [0.2, 0.25) is 0 Å². The van der Waals surface area contributed by atoms with Crippen LogP contribution in [0.15, 0.2) is 170 Å². The number of hydrogen-bond donors (Lipinski definition) is 1. The van der Waals surface area contributed by atoms with Crippen molar-refractivity contribution >= 4 is 66.3 Å². The summed E-state index contributed by atoms with van der Waals surface area (Å²) in [7, 11) is 0. The Morgan fingerprint density at radius 2 is 1.25 bits per heavy atom. The van der Waals surface area contributed by atoms with Crippen LogP contribution in [0.3, 0.4) is 0 Å². The lowest BCUT2D eigenvalue weighted by atomic mass is 9.98. The third kappa shape index (κ3) is 4.25. The molecule has 3 heterocycles. The molecule has 48 heavy (non-hydrogen) atoms. The van der Waals surface area contributed by atoms with E-state index in [0.29, 0.717) is 5.84 Å². The van der Waals surface area contributed by atoms with Crippen molar-refractivity contribution < 1.29 is 8.83 Å². The van der Waals surface area contributed by atoms with Gasteiger partial charge >= 0.3 is 0 Å². The highest BCUT2D eigenvalue weighted by molar-refractivity contribution is 6.22. The zero-order valence-corrected chi connectivity index (χ0v) is 25.7. The van der Waals surface area contributed by atoms with Gasteiger partial charge in [-0.2, -0.15) is 0 Å². The molecule has 1 aliphatic rings. The normalized spacial score (nSPS) is 14.9. The number of rotatable bonds is 4. The van der Waals surface area contributed by atoms with Crippen LogP contribution >= 0.6 is 0 Å². The molecule has 1 atom stereocenters. The summed E-state index contributed by atoms with van der Waals surface area (Å²) in [6, 6.07) is 52.2. The predicted octanol–water partition coefficient (Wildman–Crippen LogP) is 10.8. The van der Waals surface area contributed by atoms with Crippen molar-refractivity contribution in [2.45, 2.75) is 6.17 Å². The van der Waals surface area contributed by atoms with Gasteiger partial charge in [0.05, 0.1) is 0 Å². The summed E-state index contributed by atoms with van der Waals surface area (Å²) in [5.41, 5.74) is 8.45. The Morgan fingerprint density at radius 1 is 0.500 bits per heavy atom. The number of nitrogens with zero attached hydrogens (tertiary/aromatic N) is 2. The maximum absolute atomic E-state index is 6.44. The number of aliphatic imine (C=N–C) groups is 2. The second-order valence-electron chi connectivity index (χ2n) is 12.2. The molecule has 0 saturated heterocycles. The van der Waals surface area contributed by atoms with E-state index in [4.69, 9.17) is 18.8 Å². The quantitative estimate of drug-likeness (QED) is 0.214. The number of fused-ring (bicyclic) bond motifs is 7. The van der Waals surface area contributed by atoms with Gasteiger partial charge in [-0.1, -0.05) is 121 Å². The van der Waals surface area contributed by atoms with Crippen molar-refractivity contribution in [3.05, 3.63) is 168 Å². The Morgan fingerprint density at radius 3 is 2.19 bits per heavy atom. The second kappa shape index (κ2) is 10.5. The van der Waals surface area contributed by atoms with Crippen molar-refractivity contribution in [2.24, 2.45) is 9.98 Å². The molecule has 0 fully saturated rings. The SMILES string of the molecule is c1ccc(C2=NC(c3cccc4oc5ccc(-c6cccc7c6oc6ccccc67)cc5c34)=NC(c3ccc4ccccc4c3)N2)cc1. The fourth-order valence-electron chi connectivity index (χ4n) is 7.02. The topological polar surface area (TPSA) is 63.0 Å². The largest absolute Gasteiger partial charge is 0.456 e. The first-order valence-corrected chi connectivity index (χ1v) is 16.1. The van der Waals surface area contributed by atoms with E-state index in [0.717, 1.165) is 77.5 Å². The molecule has 0 bridgehead atoms. The van der Waals surface area contributed by atoms with Gasteiger partial charge in [-0.3, -0.25) is 0 Å². The lowest BCUT2D eigenvalue weighted by Gasteiger charge is -2.24. The summed E-state index contributed by atoms with van der Waals surface area (Å²) in [5.74, 6) is 1.43. The van der Waals surface area contributed by atoms with Crippen LogP contribution in [0.25, 0.3) is 65.8 Å².